The van der Waals surface area contributed by atoms with Crippen LogP contribution in [-0.2, 0) is 6.42 Å². The van der Waals surface area contributed by atoms with Crippen LogP contribution in [0.1, 0.15) is 15.9 Å². The van der Waals surface area contributed by atoms with Crippen LogP contribution < -0.4 is 0 Å². The number of aliphatic hydroxyl groups excluding tert-OH is 1. The molecule has 1 rings (SSSR count). The van der Waals surface area contributed by atoms with E-state index >= 15 is 0 Å². The lowest BCUT2D eigenvalue weighted by Crippen LogP contribution is -2.02. The van der Waals surface area contributed by atoms with Crippen LogP contribution in [0.5, 0.6) is 0 Å². The Bertz CT molecular complexity index is 324. The summed E-state index contributed by atoms with van der Waals surface area (Å²) in [5.41, 5.74) is -0.433. The fraction of sp³-hybridized carbons (Fsp3) is 0.222. The van der Waals surface area contributed by atoms with Crippen molar-refractivity contribution in [3.05, 3.63) is 34.9 Å². The monoisotopic (exact) mass is 186 g/mol. The molecule has 1 aromatic carbocycles. The van der Waals surface area contributed by atoms with Crippen molar-refractivity contribution in [3.63, 3.8) is 0 Å². The second kappa shape index (κ2) is 4.09. The van der Waals surface area contributed by atoms with Gasteiger partial charge in [0.25, 0.3) is 0 Å². The minimum atomic E-state index is -0.885. The van der Waals surface area contributed by atoms with Crippen LogP contribution in [-0.4, -0.2) is 18.0 Å². The Hall–Kier alpha value is -1.29. The number of rotatable bonds is 3. The van der Waals surface area contributed by atoms with E-state index in [2.05, 4.69) is 0 Å². The fourth-order valence-electron chi connectivity index (χ4n) is 1.05. The van der Waals surface area contributed by atoms with E-state index in [0.717, 1.165) is 12.1 Å². The molecule has 0 aliphatic carbocycles. The molecule has 0 saturated heterocycles. The van der Waals surface area contributed by atoms with Crippen molar-refractivity contribution in [1.29, 1.82) is 0 Å². The molecular formula is C9H8F2O2. The van der Waals surface area contributed by atoms with Gasteiger partial charge in [-0.15, -0.1) is 0 Å². The summed E-state index contributed by atoms with van der Waals surface area (Å²) in [6, 6.07) is 2.08. The van der Waals surface area contributed by atoms with Crippen LogP contribution in [0, 0.1) is 11.6 Å². The Morgan fingerprint density at radius 2 is 2.08 bits per heavy atom. The zero-order valence-electron chi connectivity index (χ0n) is 6.76. The molecule has 4 heteroatoms. The van der Waals surface area contributed by atoms with Crippen molar-refractivity contribution < 1.29 is 18.7 Å². The minimum Gasteiger partial charge on any atom is -0.396 e. The van der Waals surface area contributed by atoms with Crippen molar-refractivity contribution in [2.45, 2.75) is 6.42 Å². The van der Waals surface area contributed by atoms with Gasteiger partial charge >= 0.3 is 0 Å². The molecule has 0 fully saturated rings. The van der Waals surface area contributed by atoms with Gasteiger partial charge in [-0.3, -0.25) is 4.79 Å². The molecule has 0 amide bonds. The van der Waals surface area contributed by atoms with Gasteiger partial charge in [0.05, 0.1) is 5.56 Å². The maximum atomic E-state index is 13.1. The van der Waals surface area contributed by atoms with Crippen LogP contribution in [0.3, 0.4) is 0 Å². The van der Waals surface area contributed by atoms with Crippen molar-refractivity contribution in [1.82, 2.24) is 0 Å². The van der Waals surface area contributed by atoms with Crippen LogP contribution in [0.25, 0.3) is 0 Å². The first-order chi connectivity index (χ1) is 6.20. The standard InChI is InChI=1S/C9H8F2O2/c10-8-2-1-6(5-13)9(11)7(8)3-4-12/h1-2,5,12H,3-4H2. The molecule has 1 aromatic rings. The molecule has 0 unspecified atom stereocenters. The molecule has 0 aliphatic rings. The molecule has 0 aromatic heterocycles. The number of halogens is 2. The van der Waals surface area contributed by atoms with Gasteiger partial charge < -0.3 is 5.11 Å². The van der Waals surface area contributed by atoms with Crippen LogP contribution >= 0.6 is 0 Å². The molecule has 0 bridgehead atoms. The molecule has 70 valence electrons. The third kappa shape index (κ3) is 1.89. The highest BCUT2D eigenvalue weighted by molar-refractivity contribution is 5.75. The minimum absolute atomic E-state index is 0.126. The third-order valence-electron chi connectivity index (χ3n) is 1.70. The number of carbonyl (C=O) groups is 1. The van der Waals surface area contributed by atoms with Gasteiger partial charge in [-0.05, 0) is 12.1 Å². The van der Waals surface area contributed by atoms with E-state index in [-0.39, 0.29) is 24.2 Å². The molecular weight excluding hydrogens is 178 g/mol. The number of hydrogen-bond donors (Lipinski definition) is 1. The normalized spacial score (nSPS) is 10.1. The van der Waals surface area contributed by atoms with E-state index in [9.17, 15) is 13.6 Å². The topological polar surface area (TPSA) is 37.3 Å². The van der Waals surface area contributed by atoms with Crippen LogP contribution in [0.15, 0.2) is 12.1 Å². The number of benzene rings is 1. The van der Waals surface area contributed by atoms with Gasteiger partial charge in [0.1, 0.15) is 11.6 Å². The summed E-state index contributed by atoms with van der Waals surface area (Å²) >= 11 is 0. The molecule has 0 spiro atoms. The van der Waals surface area contributed by atoms with Crippen LogP contribution in [0.2, 0.25) is 0 Å². The van der Waals surface area contributed by atoms with Gasteiger partial charge in [0.2, 0.25) is 0 Å². The predicted molar refractivity (Wildman–Crippen MR) is 42.5 cm³/mol. The molecule has 2 nitrogen and oxygen atoms in total. The molecule has 0 atom stereocenters. The van der Waals surface area contributed by atoms with Gasteiger partial charge in [-0.2, -0.15) is 0 Å². The lowest BCUT2D eigenvalue weighted by atomic mass is 10.1. The second-order valence-electron chi connectivity index (χ2n) is 2.52. The number of carbonyl (C=O) groups excluding carboxylic acids is 1. The van der Waals surface area contributed by atoms with Gasteiger partial charge in [-0.1, -0.05) is 0 Å². The van der Waals surface area contributed by atoms with E-state index in [4.69, 9.17) is 5.11 Å². The second-order valence-corrected chi connectivity index (χ2v) is 2.52. The summed E-state index contributed by atoms with van der Waals surface area (Å²) in [5, 5.41) is 8.51. The molecule has 1 N–H and O–H groups in total. The summed E-state index contributed by atoms with van der Waals surface area (Å²) in [4.78, 5) is 10.3. The van der Waals surface area contributed by atoms with Gasteiger partial charge in [0.15, 0.2) is 6.29 Å². The zero-order valence-corrected chi connectivity index (χ0v) is 6.76. The lowest BCUT2D eigenvalue weighted by Gasteiger charge is -2.03. The van der Waals surface area contributed by atoms with E-state index in [1.54, 1.807) is 0 Å². The average molecular weight is 186 g/mol. The molecule has 0 saturated carbocycles. The Morgan fingerprint density at radius 3 is 2.62 bits per heavy atom. The van der Waals surface area contributed by atoms with Gasteiger partial charge in [-0.25, -0.2) is 8.78 Å². The maximum absolute atomic E-state index is 13.1. The molecule has 0 aliphatic heterocycles. The number of hydrogen-bond acceptors (Lipinski definition) is 2. The van der Waals surface area contributed by atoms with E-state index in [0.29, 0.717) is 6.29 Å². The quantitative estimate of drug-likeness (QED) is 0.722. The molecule has 0 radical (unpaired) electrons. The third-order valence-corrected chi connectivity index (χ3v) is 1.70. The van der Waals surface area contributed by atoms with E-state index in [1.807, 2.05) is 0 Å². The Kier molecular flexibility index (Phi) is 3.08. The maximum Gasteiger partial charge on any atom is 0.153 e. The first-order valence-electron chi connectivity index (χ1n) is 3.73. The van der Waals surface area contributed by atoms with Gasteiger partial charge in [0, 0.05) is 18.6 Å². The van der Waals surface area contributed by atoms with E-state index < -0.39 is 11.6 Å². The first kappa shape index (κ1) is 9.80. The fourth-order valence-corrected chi connectivity index (χ4v) is 1.05. The summed E-state index contributed by atoms with van der Waals surface area (Å²) < 4.78 is 26.0. The highest BCUT2D eigenvalue weighted by Gasteiger charge is 2.11. The lowest BCUT2D eigenvalue weighted by molar-refractivity contribution is 0.111. The Morgan fingerprint density at radius 1 is 1.38 bits per heavy atom. The van der Waals surface area contributed by atoms with Crippen molar-refractivity contribution in [2.24, 2.45) is 0 Å². The summed E-state index contributed by atoms with van der Waals surface area (Å²) in [6.07, 6.45) is 0.189. The average Bonchev–Trinajstić information content (AvgIpc) is 2.12. The Balaban J connectivity index is 3.21. The van der Waals surface area contributed by atoms with Crippen molar-refractivity contribution in [2.75, 3.05) is 6.61 Å². The van der Waals surface area contributed by atoms with Crippen molar-refractivity contribution >= 4 is 6.29 Å². The largest absolute Gasteiger partial charge is 0.396 e. The van der Waals surface area contributed by atoms with Crippen LogP contribution in [0.4, 0.5) is 8.78 Å². The highest BCUT2D eigenvalue weighted by atomic mass is 19.1. The SMILES string of the molecule is O=Cc1ccc(F)c(CCO)c1F. The first-order valence-corrected chi connectivity index (χ1v) is 3.73. The molecule has 13 heavy (non-hydrogen) atoms. The summed E-state index contributed by atoms with van der Waals surface area (Å²) in [6.45, 7) is -0.351. The zero-order chi connectivity index (χ0) is 9.84. The summed E-state index contributed by atoms with van der Waals surface area (Å²) in [5.74, 6) is -1.62. The molecule has 0 heterocycles. The van der Waals surface area contributed by atoms with E-state index in [1.165, 1.54) is 0 Å². The highest BCUT2D eigenvalue weighted by Crippen LogP contribution is 2.15. The number of aliphatic hydroxyl groups is 1. The van der Waals surface area contributed by atoms with Crippen molar-refractivity contribution in [3.8, 4) is 0 Å². The summed E-state index contributed by atoms with van der Waals surface area (Å²) in [7, 11) is 0. The Labute approximate surface area is 73.8 Å². The smallest absolute Gasteiger partial charge is 0.153 e. The number of aldehydes is 1. The predicted octanol–water partition coefficient (Wildman–Crippen LogP) is 1.31.